The quantitative estimate of drug-likeness (QED) is 0.494. The number of rotatable bonds is 8. The molecule has 0 amide bonds. The molecule has 0 aromatic heterocycles. The summed E-state index contributed by atoms with van der Waals surface area (Å²) < 4.78 is 17.0. The maximum atomic E-state index is 6.01. The molecule has 0 aliphatic carbocycles. The molecule has 0 unspecified atom stereocenters. The van der Waals surface area contributed by atoms with Gasteiger partial charge in [-0.15, -0.1) is 0 Å². The van der Waals surface area contributed by atoms with E-state index in [-0.39, 0.29) is 0 Å². The van der Waals surface area contributed by atoms with Crippen molar-refractivity contribution in [2.45, 2.75) is 6.61 Å². The van der Waals surface area contributed by atoms with Crippen molar-refractivity contribution in [3.8, 4) is 17.2 Å². The first-order valence-corrected chi connectivity index (χ1v) is 10.8. The van der Waals surface area contributed by atoms with Crippen LogP contribution in [-0.4, -0.2) is 51.6 Å². The van der Waals surface area contributed by atoms with Crippen molar-refractivity contribution >= 4 is 11.9 Å². The van der Waals surface area contributed by atoms with Crippen LogP contribution in [0, 0.1) is 0 Å². The number of hydrazone groups is 1. The first kappa shape index (κ1) is 21.6. The maximum Gasteiger partial charge on any atom is 0.162 e. The van der Waals surface area contributed by atoms with Crippen molar-refractivity contribution in [1.29, 1.82) is 0 Å². The van der Waals surface area contributed by atoms with Gasteiger partial charge in [0.1, 0.15) is 12.4 Å². The monoisotopic (exact) mass is 431 g/mol. The van der Waals surface area contributed by atoms with Crippen molar-refractivity contribution in [2.24, 2.45) is 5.10 Å². The second-order valence-corrected chi connectivity index (χ2v) is 7.54. The lowest BCUT2D eigenvalue weighted by molar-refractivity contribution is 0.271. The maximum absolute atomic E-state index is 6.01. The summed E-state index contributed by atoms with van der Waals surface area (Å²) in [5.41, 5.74) is 3.22. The van der Waals surface area contributed by atoms with Gasteiger partial charge < -0.3 is 19.1 Å². The lowest BCUT2D eigenvalue weighted by Gasteiger charge is -2.35. The van der Waals surface area contributed by atoms with Crippen molar-refractivity contribution in [2.75, 3.05) is 45.3 Å². The van der Waals surface area contributed by atoms with Gasteiger partial charge in [0, 0.05) is 13.1 Å². The number of piperazine rings is 1. The molecule has 0 spiro atoms. The van der Waals surface area contributed by atoms with Crippen molar-refractivity contribution in [3.05, 3.63) is 83.9 Å². The molecule has 4 rings (SSSR count). The van der Waals surface area contributed by atoms with E-state index in [4.69, 9.17) is 19.3 Å². The molecule has 1 fully saturated rings. The molecule has 0 atom stereocenters. The lowest BCUT2D eigenvalue weighted by Crippen LogP contribution is -2.44. The first-order chi connectivity index (χ1) is 15.8. The van der Waals surface area contributed by atoms with Gasteiger partial charge >= 0.3 is 0 Å². The summed E-state index contributed by atoms with van der Waals surface area (Å²) in [7, 11) is 3.37. The Morgan fingerprint density at radius 3 is 2.25 bits per heavy atom. The van der Waals surface area contributed by atoms with Crippen LogP contribution in [-0.2, 0) is 6.61 Å². The summed E-state index contributed by atoms with van der Waals surface area (Å²) in [4.78, 5) is 2.34. The highest BCUT2D eigenvalue weighted by molar-refractivity contribution is 5.80. The SMILES string of the molecule is COc1ccc(/C=N\N2CCN(c3ccccc3OC)CC2)cc1OCc1ccccc1. The molecule has 0 N–H and O–H groups in total. The molecule has 0 bridgehead atoms. The second kappa shape index (κ2) is 10.6. The average Bonchev–Trinajstić information content (AvgIpc) is 2.87. The molecule has 3 aromatic rings. The molecule has 1 aliphatic rings. The van der Waals surface area contributed by atoms with Gasteiger partial charge in [-0.1, -0.05) is 42.5 Å². The van der Waals surface area contributed by atoms with Crippen molar-refractivity contribution < 1.29 is 14.2 Å². The van der Waals surface area contributed by atoms with Crippen molar-refractivity contribution in [1.82, 2.24) is 5.01 Å². The number of methoxy groups -OCH3 is 2. The van der Waals surface area contributed by atoms with E-state index in [0.29, 0.717) is 18.1 Å². The Hall–Kier alpha value is -3.67. The standard InChI is InChI=1S/C26H29N3O3/c1-30-24-11-7-6-10-23(24)28-14-16-29(17-15-28)27-19-22-12-13-25(31-2)26(18-22)32-20-21-8-4-3-5-9-21/h3-13,18-19H,14-17,20H2,1-2H3/b27-19-. The van der Waals surface area contributed by atoms with Crippen LogP contribution in [0.15, 0.2) is 77.9 Å². The zero-order valence-corrected chi connectivity index (χ0v) is 18.6. The van der Waals surface area contributed by atoms with Crippen LogP contribution >= 0.6 is 0 Å². The Balaban J connectivity index is 1.37. The predicted octanol–water partition coefficient (Wildman–Crippen LogP) is 4.44. The average molecular weight is 432 g/mol. The van der Waals surface area contributed by atoms with E-state index in [1.807, 2.05) is 72.9 Å². The molecular weight excluding hydrogens is 402 g/mol. The Labute approximate surface area is 189 Å². The summed E-state index contributed by atoms with van der Waals surface area (Å²) in [6, 6.07) is 24.1. The summed E-state index contributed by atoms with van der Waals surface area (Å²) in [5.74, 6) is 2.33. The van der Waals surface area contributed by atoms with Crippen LogP contribution in [0.5, 0.6) is 17.2 Å². The van der Waals surface area contributed by atoms with Crippen molar-refractivity contribution in [3.63, 3.8) is 0 Å². The Kier molecular flexibility index (Phi) is 7.12. The van der Waals surface area contributed by atoms with E-state index >= 15 is 0 Å². The Morgan fingerprint density at radius 1 is 0.781 bits per heavy atom. The fraction of sp³-hybridized carbons (Fsp3) is 0.269. The highest BCUT2D eigenvalue weighted by atomic mass is 16.5. The Bertz CT molecular complexity index is 1030. The van der Waals surface area contributed by atoms with Gasteiger partial charge in [-0.05, 0) is 41.5 Å². The van der Waals surface area contributed by atoms with E-state index < -0.39 is 0 Å². The summed E-state index contributed by atoms with van der Waals surface area (Å²) in [6.45, 7) is 3.98. The highest BCUT2D eigenvalue weighted by Crippen LogP contribution is 2.29. The lowest BCUT2D eigenvalue weighted by atomic mass is 10.2. The zero-order chi connectivity index (χ0) is 22.2. The zero-order valence-electron chi connectivity index (χ0n) is 18.6. The van der Waals surface area contributed by atoms with Crippen LogP contribution in [0.4, 0.5) is 5.69 Å². The third-order valence-electron chi connectivity index (χ3n) is 5.48. The molecule has 1 saturated heterocycles. The predicted molar refractivity (Wildman–Crippen MR) is 128 cm³/mol. The molecule has 1 aliphatic heterocycles. The first-order valence-electron chi connectivity index (χ1n) is 10.8. The van der Waals surface area contributed by atoms with E-state index in [0.717, 1.165) is 48.7 Å². The topological polar surface area (TPSA) is 46.5 Å². The fourth-order valence-corrected chi connectivity index (χ4v) is 3.71. The van der Waals surface area contributed by atoms with Gasteiger partial charge in [0.05, 0.1) is 39.2 Å². The van der Waals surface area contributed by atoms with Gasteiger partial charge in [0.25, 0.3) is 0 Å². The molecule has 0 saturated carbocycles. The fourth-order valence-electron chi connectivity index (χ4n) is 3.71. The van der Waals surface area contributed by atoms with Gasteiger partial charge in [0.2, 0.25) is 0 Å². The van der Waals surface area contributed by atoms with Gasteiger partial charge in [0.15, 0.2) is 11.5 Å². The molecule has 0 radical (unpaired) electrons. The second-order valence-electron chi connectivity index (χ2n) is 7.54. The molecule has 32 heavy (non-hydrogen) atoms. The van der Waals surface area contributed by atoms with E-state index in [9.17, 15) is 0 Å². The number of para-hydroxylation sites is 2. The summed E-state index contributed by atoms with van der Waals surface area (Å²) in [6.07, 6.45) is 1.88. The van der Waals surface area contributed by atoms with E-state index in [1.54, 1.807) is 14.2 Å². The van der Waals surface area contributed by atoms with Crippen LogP contribution in [0.25, 0.3) is 0 Å². The minimum Gasteiger partial charge on any atom is -0.495 e. The minimum absolute atomic E-state index is 0.489. The molecule has 1 heterocycles. The van der Waals surface area contributed by atoms with Gasteiger partial charge in [-0.25, -0.2) is 0 Å². The summed E-state index contributed by atoms with van der Waals surface area (Å²) in [5, 5.41) is 6.79. The van der Waals surface area contributed by atoms with Gasteiger partial charge in [-0.2, -0.15) is 5.10 Å². The minimum atomic E-state index is 0.489. The number of ether oxygens (including phenoxy) is 3. The third-order valence-corrected chi connectivity index (χ3v) is 5.48. The number of hydrogen-bond acceptors (Lipinski definition) is 6. The normalized spacial score (nSPS) is 13.9. The summed E-state index contributed by atoms with van der Waals surface area (Å²) >= 11 is 0. The molecular formula is C26H29N3O3. The number of nitrogens with zero attached hydrogens (tertiary/aromatic N) is 3. The smallest absolute Gasteiger partial charge is 0.162 e. The number of benzene rings is 3. The largest absolute Gasteiger partial charge is 0.495 e. The van der Waals surface area contributed by atoms with Crippen LogP contribution < -0.4 is 19.1 Å². The van der Waals surface area contributed by atoms with Crippen LogP contribution in [0.2, 0.25) is 0 Å². The van der Waals surface area contributed by atoms with Gasteiger partial charge in [-0.3, -0.25) is 5.01 Å². The third kappa shape index (κ3) is 5.32. The molecule has 3 aromatic carbocycles. The highest BCUT2D eigenvalue weighted by Gasteiger charge is 2.18. The van der Waals surface area contributed by atoms with Crippen LogP contribution in [0.1, 0.15) is 11.1 Å². The molecule has 6 heteroatoms. The van der Waals surface area contributed by atoms with E-state index in [1.165, 1.54) is 0 Å². The molecule has 6 nitrogen and oxygen atoms in total. The Morgan fingerprint density at radius 2 is 1.50 bits per heavy atom. The molecule has 166 valence electrons. The van der Waals surface area contributed by atoms with E-state index in [2.05, 4.69) is 16.0 Å². The van der Waals surface area contributed by atoms with Crippen LogP contribution in [0.3, 0.4) is 0 Å². The number of hydrogen-bond donors (Lipinski definition) is 0. The number of anilines is 1.